The standard InChI is InChI=1S/C26H31N3O5/c1-34-23-13-7-6-12-22(23)28-14-16-29(17-15-28)25(31)20-10-4-5-11-21(20)27-24(30)18-8-2-3-9-19(18)26(32)33/h4-7,10-13,18-19H,2-3,8-9,14-17H2,1H3,(H,27,30)(H,32,33)/t18-,19+/m0/s1. The van der Waals surface area contributed by atoms with Crippen molar-refractivity contribution in [1.82, 2.24) is 4.90 Å². The van der Waals surface area contributed by atoms with Gasteiger partial charge in [0.2, 0.25) is 5.91 Å². The molecule has 0 aromatic heterocycles. The molecular formula is C26H31N3O5. The SMILES string of the molecule is COc1ccccc1N1CCN(C(=O)c2ccccc2NC(=O)[C@H]2CCCC[C@H]2C(=O)O)CC1. The third kappa shape index (κ3) is 5.00. The van der Waals surface area contributed by atoms with Gasteiger partial charge in [-0.05, 0) is 37.1 Å². The first-order valence-electron chi connectivity index (χ1n) is 11.8. The summed E-state index contributed by atoms with van der Waals surface area (Å²) in [7, 11) is 1.65. The van der Waals surface area contributed by atoms with E-state index in [2.05, 4.69) is 10.2 Å². The molecule has 0 radical (unpaired) electrons. The number of para-hydroxylation sites is 3. The molecule has 2 amide bonds. The van der Waals surface area contributed by atoms with Crippen LogP contribution in [0.1, 0.15) is 36.0 Å². The number of hydrogen-bond acceptors (Lipinski definition) is 5. The number of hydrogen-bond donors (Lipinski definition) is 2. The van der Waals surface area contributed by atoms with Crippen molar-refractivity contribution in [3.63, 3.8) is 0 Å². The number of aliphatic carboxylic acids is 1. The van der Waals surface area contributed by atoms with Gasteiger partial charge >= 0.3 is 5.97 Å². The molecule has 180 valence electrons. The summed E-state index contributed by atoms with van der Waals surface area (Å²) in [6.07, 6.45) is 2.70. The second kappa shape index (κ2) is 10.6. The first kappa shape index (κ1) is 23.6. The Balaban J connectivity index is 1.44. The monoisotopic (exact) mass is 465 g/mol. The quantitative estimate of drug-likeness (QED) is 0.678. The van der Waals surface area contributed by atoms with Crippen molar-refractivity contribution >= 4 is 29.2 Å². The van der Waals surface area contributed by atoms with Gasteiger partial charge in [0.1, 0.15) is 5.75 Å². The Morgan fingerprint density at radius 2 is 1.56 bits per heavy atom. The first-order valence-corrected chi connectivity index (χ1v) is 11.8. The lowest BCUT2D eigenvalue weighted by molar-refractivity contribution is -0.147. The van der Waals surface area contributed by atoms with E-state index in [4.69, 9.17) is 4.74 Å². The fourth-order valence-electron chi connectivity index (χ4n) is 4.96. The average Bonchev–Trinajstić information content (AvgIpc) is 2.88. The summed E-state index contributed by atoms with van der Waals surface area (Å²) in [6.45, 7) is 2.43. The number of anilines is 2. The average molecular weight is 466 g/mol. The largest absolute Gasteiger partial charge is 0.495 e. The highest BCUT2D eigenvalue weighted by Gasteiger charge is 2.36. The third-order valence-electron chi connectivity index (χ3n) is 6.83. The second-order valence-corrected chi connectivity index (χ2v) is 8.82. The Bertz CT molecular complexity index is 1050. The maximum Gasteiger partial charge on any atom is 0.307 e. The molecule has 1 aliphatic heterocycles. The summed E-state index contributed by atoms with van der Waals surface area (Å²) in [5, 5.41) is 12.4. The smallest absolute Gasteiger partial charge is 0.307 e. The number of ether oxygens (including phenoxy) is 1. The molecule has 1 saturated heterocycles. The predicted molar refractivity (Wildman–Crippen MR) is 129 cm³/mol. The van der Waals surface area contributed by atoms with Gasteiger partial charge in [0.15, 0.2) is 0 Å². The van der Waals surface area contributed by atoms with Crippen molar-refractivity contribution in [3.8, 4) is 5.75 Å². The van der Waals surface area contributed by atoms with Crippen LogP contribution < -0.4 is 15.0 Å². The maximum absolute atomic E-state index is 13.4. The molecule has 2 aromatic carbocycles. The lowest BCUT2D eigenvalue weighted by Gasteiger charge is -2.37. The van der Waals surface area contributed by atoms with Crippen molar-refractivity contribution < 1.29 is 24.2 Å². The number of amides is 2. The van der Waals surface area contributed by atoms with Gasteiger partial charge < -0.3 is 25.0 Å². The van der Waals surface area contributed by atoms with Crippen LogP contribution in [-0.4, -0.2) is 61.1 Å². The molecule has 2 atom stereocenters. The highest BCUT2D eigenvalue weighted by molar-refractivity contribution is 6.04. The summed E-state index contributed by atoms with van der Waals surface area (Å²) in [4.78, 5) is 41.9. The number of carbonyl (C=O) groups is 3. The topological polar surface area (TPSA) is 99.2 Å². The van der Waals surface area contributed by atoms with E-state index >= 15 is 0 Å². The molecule has 4 rings (SSSR count). The molecule has 0 unspecified atom stereocenters. The molecule has 1 heterocycles. The van der Waals surface area contributed by atoms with E-state index in [1.54, 1.807) is 36.3 Å². The van der Waals surface area contributed by atoms with Crippen LogP contribution in [0.5, 0.6) is 5.75 Å². The van der Waals surface area contributed by atoms with E-state index in [-0.39, 0.29) is 11.8 Å². The van der Waals surface area contributed by atoms with Gasteiger partial charge in [-0.2, -0.15) is 0 Å². The molecular weight excluding hydrogens is 434 g/mol. The lowest BCUT2D eigenvalue weighted by Crippen LogP contribution is -2.49. The maximum atomic E-state index is 13.4. The Kier molecular flexibility index (Phi) is 7.35. The summed E-state index contributed by atoms with van der Waals surface area (Å²) < 4.78 is 5.47. The van der Waals surface area contributed by atoms with Crippen LogP contribution in [0.2, 0.25) is 0 Å². The molecule has 8 heteroatoms. The van der Waals surface area contributed by atoms with Gasteiger partial charge in [-0.3, -0.25) is 14.4 Å². The molecule has 0 spiro atoms. The Labute approximate surface area is 199 Å². The van der Waals surface area contributed by atoms with Crippen molar-refractivity contribution in [3.05, 3.63) is 54.1 Å². The zero-order chi connectivity index (χ0) is 24.1. The van der Waals surface area contributed by atoms with Gasteiger partial charge in [-0.1, -0.05) is 37.1 Å². The summed E-state index contributed by atoms with van der Waals surface area (Å²) in [5.41, 5.74) is 1.86. The molecule has 1 saturated carbocycles. The third-order valence-corrected chi connectivity index (χ3v) is 6.83. The van der Waals surface area contributed by atoms with Crippen LogP contribution >= 0.6 is 0 Å². The number of nitrogens with zero attached hydrogens (tertiary/aromatic N) is 2. The molecule has 2 aliphatic rings. The highest BCUT2D eigenvalue weighted by Crippen LogP contribution is 2.32. The minimum absolute atomic E-state index is 0.144. The van der Waals surface area contributed by atoms with Crippen LogP contribution in [0.4, 0.5) is 11.4 Å². The van der Waals surface area contributed by atoms with Gasteiger partial charge in [0.25, 0.3) is 5.91 Å². The van der Waals surface area contributed by atoms with Crippen molar-refractivity contribution in [2.24, 2.45) is 11.8 Å². The molecule has 2 fully saturated rings. The van der Waals surface area contributed by atoms with E-state index in [0.29, 0.717) is 50.3 Å². The van der Waals surface area contributed by atoms with Crippen LogP contribution in [0, 0.1) is 11.8 Å². The highest BCUT2D eigenvalue weighted by atomic mass is 16.5. The van der Waals surface area contributed by atoms with E-state index in [1.165, 1.54) is 0 Å². The number of carboxylic acids is 1. The molecule has 2 N–H and O–H groups in total. The molecule has 1 aliphatic carbocycles. The predicted octanol–water partition coefficient (Wildman–Crippen LogP) is 3.49. The lowest BCUT2D eigenvalue weighted by atomic mass is 9.78. The van der Waals surface area contributed by atoms with Crippen molar-refractivity contribution in [2.45, 2.75) is 25.7 Å². The summed E-state index contributed by atoms with van der Waals surface area (Å²) in [5.74, 6) is -1.87. The number of piperazine rings is 1. The number of carboxylic acid groups (broad SMARTS) is 1. The Hall–Kier alpha value is -3.55. The van der Waals surface area contributed by atoms with Gasteiger partial charge in [0, 0.05) is 26.2 Å². The minimum Gasteiger partial charge on any atom is -0.495 e. The number of nitrogens with one attached hydrogen (secondary N) is 1. The Morgan fingerprint density at radius 3 is 2.26 bits per heavy atom. The fourth-order valence-corrected chi connectivity index (χ4v) is 4.96. The second-order valence-electron chi connectivity index (χ2n) is 8.82. The number of carbonyl (C=O) groups excluding carboxylic acids is 2. The molecule has 34 heavy (non-hydrogen) atoms. The van der Waals surface area contributed by atoms with E-state index in [0.717, 1.165) is 24.3 Å². The zero-order valence-electron chi connectivity index (χ0n) is 19.4. The summed E-state index contributed by atoms with van der Waals surface area (Å²) >= 11 is 0. The van der Waals surface area contributed by atoms with Crippen LogP contribution in [0.25, 0.3) is 0 Å². The van der Waals surface area contributed by atoms with Crippen LogP contribution in [0.15, 0.2) is 48.5 Å². The Morgan fingerprint density at radius 1 is 0.912 bits per heavy atom. The van der Waals surface area contributed by atoms with E-state index in [1.807, 2.05) is 24.3 Å². The van der Waals surface area contributed by atoms with E-state index in [9.17, 15) is 19.5 Å². The zero-order valence-corrected chi connectivity index (χ0v) is 19.4. The molecule has 8 nitrogen and oxygen atoms in total. The van der Waals surface area contributed by atoms with E-state index < -0.39 is 17.8 Å². The van der Waals surface area contributed by atoms with Gasteiger partial charge in [-0.15, -0.1) is 0 Å². The summed E-state index contributed by atoms with van der Waals surface area (Å²) in [6, 6.07) is 14.8. The fraction of sp³-hybridized carbons (Fsp3) is 0.423. The number of methoxy groups -OCH3 is 1. The normalized spacial score (nSPS) is 20.5. The van der Waals surface area contributed by atoms with Crippen LogP contribution in [0.3, 0.4) is 0 Å². The van der Waals surface area contributed by atoms with Crippen molar-refractivity contribution in [2.75, 3.05) is 43.5 Å². The van der Waals surface area contributed by atoms with Crippen LogP contribution in [-0.2, 0) is 9.59 Å². The minimum atomic E-state index is -0.933. The van der Waals surface area contributed by atoms with Gasteiger partial charge in [0.05, 0.1) is 35.9 Å². The van der Waals surface area contributed by atoms with Gasteiger partial charge in [-0.25, -0.2) is 0 Å². The number of rotatable bonds is 6. The van der Waals surface area contributed by atoms with Crippen molar-refractivity contribution in [1.29, 1.82) is 0 Å². The molecule has 2 aromatic rings. The first-order chi connectivity index (χ1) is 16.5. The number of benzene rings is 2. The molecule has 0 bridgehead atoms.